The molecule has 0 aromatic heterocycles. The second-order valence-corrected chi connectivity index (χ2v) is 19.6. The lowest BCUT2D eigenvalue weighted by Gasteiger charge is -2.52. The smallest absolute Gasteiger partial charge is 0.192 e. The number of carbonyl (C=O) groups is 1. The Morgan fingerprint density at radius 3 is 1.72 bits per heavy atom. The lowest BCUT2D eigenvalue weighted by atomic mass is 9.80. The summed E-state index contributed by atoms with van der Waals surface area (Å²) in [5.74, 6) is -0.753. The first-order valence-electron chi connectivity index (χ1n) is 17.3. The molecule has 2 aliphatic rings. The maximum Gasteiger partial charge on any atom is 0.192 e. The fraction of sp³-hybridized carbons (Fsp3) is 0.525. The zero-order valence-corrected chi connectivity index (χ0v) is 30.4. The number of ether oxygens (including phenoxy) is 4. The summed E-state index contributed by atoms with van der Waals surface area (Å²) in [5.41, 5.74) is 2.27. The first-order valence-corrected chi connectivity index (χ1v) is 20.2. The summed E-state index contributed by atoms with van der Waals surface area (Å²) in [4.78, 5) is 12.6. The molecule has 5 rings (SSSR count). The summed E-state index contributed by atoms with van der Waals surface area (Å²) in [6, 6.07) is 31.3. The van der Waals surface area contributed by atoms with Gasteiger partial charge in [-0.3, -0.25) is 4.79 Å². The fourth-order valence-corrected chi connectivity index (χ4v) is 8.30. The van der Waals surface area contributed by atoms with Crippen molar-refractivity contribution < 1.29 is 28.2 Å². The molecular weight excluding hydrogens is 605 g/mol. The summed E-state index contributed by atoms with van der Waals surface area (Å²) in [7, 11) is -0.392. The van der Waals surface area contributed by atoms with Crippen molar-refractivity contribution in [2.45, 2.75) is 120 Å². The minimum atomic E-state index is -2.13. The highest BCUT2D eigenvalue weighted by Crippen LogP contribution is 2.46. The summed E-state index contributed by atoms with van der Waals surface area (Å²) in [6.07, 6.45) is 2.61. The van der Waals surface area contributed by atoms with Crippen molar-refractivity contribution in [3.8, 4) is 0 Å². The molecule has 0 N–H and O–H groups in total. The van der Waals surface area contributed by atoms with Gasteiger partial charge >= 0.3 is 0 Å². The molecule has 254 valence electrons. The molecule has 47 heavy (non-hydrogen) atoms. The Morgan fingerprint density at radius 1 is 0.787 bits per heavy atom. The highest BCUT2D eigenvalue weighted by Gasteiger charge is 2.52. The molecule has 2 fully saturated rings. The monoisotopic (exact) mass is 658 g/mol. The van der Waals surface area contributed by atoms with Crippen LogP contribution < -0.4 is 0 Å². The van der Waals surface area contributed by atoms with Crippen LogP contribution in [0.4, 0.5) is 0 Å². The number of rotatable bonds is 12. The molecule has 0 amide bonds. The van der Waals surface area contributed by atoms with Crippen LogP contribution in [0.3, 0.4) is 0 Å². The van der Waals surface area contributed by atoms with Gasteiger partial charge in [-0.2, -0.15) is 0 Å². The second-order valence-electron chi connectivity index (χ2n) is 14.8. The molecule has 2 heterocycles. The molecule has 2 aliphatic heterocycles. The van der Waals surface area contributed by atoms with E-state index in [4.69, 9.17) is 23.4 Å². The summed E-state index contributed by atoms with van der Waals surface area (Å²) in [5, 5.41) is 0.0477. The van der Waals surface area contributed by atoms with Crippen molar-refractivity contribution in [3.05, 3.63) is 108 Å². The number of hydrogen-bond acceptors (Lipinski definition) is 6. The van der Waals surface area contributed by atoms with Crippen LogP contribution in [0.25, 0.3) is 0 Å². The largest absolute Gasteiger partial charge is 0.414 e. The highest BCUT2D eigenvalue weighted by atomic mass is 28.4. The zero-order chi connectivity index (χ0) is 33.7. The predicted octanol–water partition coefficient (Wildman–Crippen LogP) is 8.82. The molecule has 0 aliphatic carbocycles. The third-order valence-electron chi connectivity index (χ3n) is 10.4. The molecule has 1 spiro atoms. The Bertz CT molecular complexity index is 1330. The van der Waals surface area contributed by atoms with Gasteiger partial charge in [-0.05, 0) is 34.8 Å². The maximum atomic E-state index is 12.6. The summed E-state index contributed by atoms with van der Waals surface area (Å²) < 4.78 is 34.2. The highest BCUT2D eigenvalue weighted by molar-refractivity contribution is 6.74. The number of methoxy groups -OCH3 is 1. The Labute approximate surface area is 283 Å². The van der Waals surface area contributed by atoms with E-state index in [1.165, 1.54) is 0 Å². The first-order chi connectivity index (χ1) is 22.4. The van der Waals surface area contributed by atoms with Crippen molar-refractivity contribution in [1.29, 1.82) is 0 Å². The Balaban J connectivity index is 1.53. The average molecular weight is 659 g/mol. The van der Waals surface area contributed by atoms with E-state index in [9.17, 15) is 4.79 Å². The van der Waals surface area contributed by atoms with Crippen molar-refractivity contribution >= 4 is 14.1 Å². The van der Waals surface area contributed by atoms with Gasteiger partial charge in [0.2, 0.25) is 0 Å². The SMILES string of the molecule is CCC(=O)C[C@@H]1C[C@H](OC)C[C@@]2(C[C@@H](O[Si](C)(C)C(C)(C)C)C[C@H](COC(c3ccccc3)(c3ccccc3)c3ccccc3)O2)O1. The van der Waals surface area contributed by atoms with E-state index in [1.54, 1.807) is 7.11 Å². The molecule has 0 unspecified atom stereocenters. The van der Waals surface area contributed by atoms with Crippen molar-refractivity contribution in [2.75, 3.05) is 13.7 Å². The lowest BCUT2D eigenvalue weighted by molar-refractivity contribution is -0.343. The molecule has 0 bridgehead atoms. The second kappa shape index (κ2) is 14.9. The van der Waals surface area contributed by atoms with Gasteiger partial charge in [0, 0.05) is 45.6 Å². The van der Waals surface area contributed by atoms with Gasteiger partial charge in [-0.1, -0.05) is 119 Å². The van der Waals surface area contributed by atoms with Crippen LogP contribution >= 0.6 is 0 Å². The molecule has 3 aromatic rings. The van der Waals surface area contributed by atoms with Gasteiger partial charge in [0.15, 0.2) is 14.1 Å². The average Bonchev–Trinajstić information content (AvgIpc) is 3.05. The third-order valence-corrected chi connectivity index (χ3v) is 14.9. The third kappa shape index (κ3) is 8.15. The van der Waals surface area contributed by atoms with Crippen LogP contribution in [0.15, 0.2) is 91.0 Å². The maximum absolute atomic E-state index is 12.6. The van der Waals surface area contributed by atoms with Crippen LogP contribution in [0.2, 0.25) is 18.1 Å². The van der Waals surface area contributed by atoms with Gasteiger partial charge < -0.3 is 23.4 Å². The van der Waals surface area contributed by atoms with Crippen molar-refractivity contribution in [2.24, 2.45) is 0 Å². The molecule has 6 nitrogen and oxygen atoms in total. The Morgan fingerprint density at radius 2 is 1.26 bits per heavy atom. The Kier molecular flexibility index (Phi) is 11.3. The minimum Gasteiger partial charge on any atom is -0.414 e. The lowest BCUT2D eigenvalue weighted by Crippen LogP contribution is -2.58. The molecule has 5 atom stereocenters. The topological polar surface area (TPSA) is 63.2 Å². The number of ketones is 1. The zero-order valence-electron chi connectivity index (χ0n) is 29.4. The predicted molar refractivity (Wildman–Crippen MR) is 189 cm³/mol. The molecule has 3 aromatic carbocycles. The fourth-order valence-electron chi connectivity index (χ4n) is 6.93. The van der Waals surface area contributed by atoms with E-state index in [2.05, 4.69) is 107 Å². The molecule has 7 heteroatoms. The molecule has 0 saturated carbocycles. The van der Waals surface area contributed by atoms with E-state index in [1.807, 2.05) is 25.1 Å². The number of hydrogen-bond donors (Lipinski definition) is 0. The van der Waals surface area contributed by atoms with E-state index in [0.717, 1.165) is 16.7 Å². The van der Waals surface area contributed by atoms with Gasteiger partial charge in [0.1, 0.15) is 11.4 Å². The molecule has 0 radical (unpaired) electrons. The van der Waals surface area contributed by atoms with E-state index in [-0.39, 0.29) is 35.2 Å². The molecular formula is C40H54O6Si. The van der Waals surface area contributed by atoms with Gasteiger partial charge in [0.05, 0.1) is 31.0 Å². The number of Topliss-reactive ketones (excluding diaryl/α,β-unsaturated/α-hetero) is 1. The van der Waals surface area contributed by atoms with Crippen LogP contribution in [0, 0.1) is 0 Å². The summed E-state index contributed by atoms with van der Waals surface area (Å²) in [6.45, 7) is 13.6. The van der Waals surface area contributed by atoms with Crippen LogP contribution in [-0.2, 0) is 33.8 Å². The van der Waals surface area contributed by atoms with Crippen molar-refractivity contribution in [3.63, 3.8) is 0 Å². The number of carbonyl (C=O) groups excluding carboxylic acids is 1. The standard InChI is InChI=1S/C40H54O6Si/c1-8-33(41)24-34-25-35(42-5)27-39(44-34)28-36(46-47(6,7)38(2,3)4)26-37(45-39)29-43-40(30-18-12-9-13-19-30,31-20-14-10-15-21-31)32-22-16-11-17-23-32/h9-23,34-37H,8,24-29H2,1-7H3/t34-,35+,36+,37-,39-/m1/s1. The number of benzene rings is 3. The summed E-state index contributed by atoms with van der Waals surface area (Å²) >= 11 is 0. The quantitative estimate of drug-likeness (QED) is 0.143. The normalized spacial score (nSPS) is 25.5. The van der Waals surface area contributed by atoms with Crippen LogP contribution in [-0.4, -0.2) is 58.0 Å². The minimum absolute atomic E-state index is 0.0477. The van der Waals surface area contributed by atoms with Gasteiger partial charge in [0.25, 0.3) is 0 Å². The van der Waals surface area contributed by atoms with Crippen LogP contribution in [0.5, 0.6) is 0 Å². The van der Waals surface area contributed by atoms with Crippen LogP contribution in [0.1, 0.15) is 82.9 Å². The Hall–Kier alpha value is -2.65. The first kappa shape index (κ1) is 35.6. The van der Waals surface area contributed by atoms with E-state index >= 15 is 0 Å². The van der Waals surface area contributed by atoms with E-state index in [0.29, 0.717) is 45.1 Å². The van der Waals surface area contributed by atoms with Gasteiger partial charge in [-0.25, -0.2) is 0 Å². The molecule has 2 saturated heterocycles. The van der Waals surface area contributed by atoms with E-state index < -0.39 is 19.7 Å². The van der Waals surface area contributed by atoms with Gasteiger partial charge in [-0.15, -0.1) is 0 Å². The van der Waals surface area contributed by atoms with Crippen molar-refractivity contribution in [1.82, 2.24) is 0 Å².